The van der Waals surface area contributed by atoms with E-state index in [1.807, 2.05) is 19.1 Å². The van der Waals surface area contributed by atoms with Crippen LogP contribution >= 0.6 is 0 Å². The Balaban J connectivity index is 2.59. The predicted molar refractivity (Wildman–Crippen MR) is 60.5 cm³/mol. The summed E-state index contributed by atoms with van der Waals surface area (Å²) in [4.78, 5) is 0. The third-order valence-electron chi connectivity index (χ3n) is 2.18. The standard InChI is InChI=1S/C12H18O4/c1-9-3-4-12(10(5-9)6-13)16-8-11(14)7-15-2/h3-5,11,13-14H,6-8H2,1-2H3. The minimum absolute atomic E-state index is 0.0720. The molecule has 0 fully saturated rings. The van der Waals surface area contributed by atoms with Crippen LogP contribution < -0.4 is 4.74 Å². The van der Waals surface area contributed by atoms with Crippen molar-refractivity contribution in [2.75, 3.05) is 20.3 Å². The maximum atomic E-state index is 9.42. The predicted octanol–water partition coefficient (Wildman–Crippen LogP) is 0.873. The third-order valence-corrected chi connectivity index (χ3v) is 2.18. The topological polar surface area (TPSA) is 58.9 Å². The molecule has 4 heteroatoms. The van der Waals surface area contributed by atoms with Crippen LogP contribution in [-0.2, 0) is 11.3 Å². The van der Waals surface area contributed by atoms with Crippen molar-refractivity contribution in [2.45, 2.75) is 19.6 Å². The number of hydrogen-bond donors (Lipinski definition) is 2. The molecule has 1 unspecified atom stereocenters. The Morgan fingerprint density at radius 3 is 2.69 bits per heavy atom. The van der Waals surface area contributed by atoms with Gasteiger partial charge < -0.3 is 19.7 Å². The first-order valence-electron chi connectivity index (χ1n) is 5.17. The lowest BCUT2D eigenvalue weighted by Gasteiger charge is -2.14. The summed E-state index contributed by atoms with van der Waals surface area (Å²) in [6, 6.07) is 5.55. The van der Waals surface area contributed by atoms with E-state index in [4.69, 9.17) is 14.6 Å². The molecule has 0 aromatic heterocycles. The molecule has 0 heterocycles. The van der Waals surface area contributed by atoms with Gasteiger partial charge in [0.2, 0.25) is 0 Å². The molecule has 90 valence electrons. The lowest BCUT2D eigenvalue weighted by Crippen LogP contribution is -2.22. The van der Waals surface area contributed by atoms with E-state index in [9.17, 15) is 5.11 Å². The molecule has 0 saturated heterocycles. The largest absolute Gasteiger partial charge is 0.490 e. The molecular weight excluding hydrogens is 208 g/mol. The summed E-state index contributed by atoms with van der Waals surface area (Å²) in [6.07, 6.45) is -0.655. The molecule has 4 nitrogen and oxygen atoms in total. The zero-order chi connectivity index (χ0) is 12.0. The molecule has 0 aliphatic rings. The molecule has 0 saturated carbocycles. The number of hydrogen-bond acceptors (Lipinski definition) is 4. The average molecular weight is 226 g/mol. The molecule has 0 bridgehead atoms. The smallest absolute Gasteiger partial charge is 0.124 e. The van der Waals surface area contributed by atoms with Crippen LogP contribution in [0.15, 0.2) is 18.2 Å². The van der Waals surface area contributed by atoms with Crippen molar-refractivity contribution in [3.63, 3.8) is 0 Å². The molecule has 0 aliphatic carbocycles. The quantitative estimate of drug-likeness (QED) is 0.755. The summed E-state index contributed by atoms with van der Waals surface area (Å²) in [5.41, 5.74) is 1.79. The highest BCUT2D eigenvalue weighted by molar-refractivity contribution is 5.36. The van der Waals surface area contributed by atoms with Gasteiger partial charge in [-0.1, -0.05) is 17.7 Å². The van der Waals surface area contributed by atoms with E-state index in [0.29, 0.717) is 5.75 Å². The van der Waals surface area contributed by atoms with Crippen LogP contribution in [0.1, 0.15) is 11.1 Å². The lowest BCUT2D eigenvalue weighted by atomic mass is 10.1. The van der Waals surface area contributed by atoms with Crippen LogP contribution in [0, 0.1) is 6.92 Å². The Kier molecular flexibility index (Phi) is 5.25. The van der Waals surface area contributed by atoms with Gasteiger partial charge in [0, 0.05) is 12.7 Å². The van der Waals surface area contributed by atoms with E-state index >= 15 is 0 Å². The molecule has 1 aromatic rings. The maximum absolute atomic E-state index is 9.42. The SMILES string of the molecule is COCC(O)COc1ccc(C)cc1CO. The molecule has 1 rings (SSSR count). The van der Waals surface area contributed by atoms with Gasteiger partial charge in [-0.05, 0) is 13.0 Å². The van der Waals surface area contributed by atoms with Crippen LogP contribution in [0.5, 0.6) is 5.75 Å². The average Bonchev–Trinajstić information content (AvgIpc) is 2.27. The van der Waals surface area contributed by atoms with E-state index in [-0.39, 0.29) is 19.8 Å². The molecular formula is C12H18O4. The van der Waals surface area contributed by atoms with Crippen molar-refractivity contribution in [3.8, 4) is 5.75 Å². The number of aliphatic hydroxyl groups excluding tert-OH is 2. The van der Waals surface area contributed by atoms with Crippen molar-refractivity contribution < 1.29 is 19.7 Å². The Morgan fingerprint density at radius 2 is 2.06 bits per heavy atom. The van der Waals surface area contributed by atoms with Crippen LogP contribution in [0.4, 0.5) is 0 Å². The highest BCUT2D eigenvalue weighted by Gasteiger charge is 2.07. The van der Waals surface area contributed by atoms with E-state index in [1.165, 1.54) is 7.11 Å². The molecule has 0 amide bonds. The number of ether oxygens (including phenoxy) is 2. The molecule has 0 aliphatic heterocycles. The van der Waals surface area contributed by atoms with Crippen molar-refractivity contribution in [3.05, 3.63) is 29.3 Å². The van der Waals surface area contributed by atoms with Crippen molar-refractivity contribution >= 4 is 0 Å². The molecule has 0 spiro atoms. The first kappa shape index (κ1) is 13.0. The van der Waals surface area contributed by atoms with Gasteiger partial charge in [-0.25, -0.2) is 0 Å². The second-order valence-electron chi connectivity index (χ2n) is 3.69. The van der Waals surface area contributed by atoms with E-state index in [2.05, 4.69) is 0 Å². The Morgan fingerprint density at radius 1 is 1.31 bits per heavy atom. The van der Waals surface area contributed by atoms with Gasteiger partial charge in [0.1, 0.15) is 18.5 Å². The first-order chi connectivity index (χ1) is 7.67. The molecule has 1 atom stereocenters. The van der Waals surface area contributed by atoms with Gasteiger partial charge in [0.05, 0.1) is 13.2 Å². The second-order valence-corrected chi connectivity index (χ2v) is 3.69. The second kappa shape index (κ2) is 6.48. The number of benzene rings is 1. The maximum Gasteiger partial charge on any atom is 0.124 e. The van der Waals surface area contributed by atoms with Crippen LogP contribution in [0.3, 0.4) is 0 Å². The van der Waals surface area contributed by atoms with E-state index < -0.39 is 6.10 Å². The van der Waals surface area contributed by atoms with E-state index in [1.54, 1.807) is 6.07 Å². The minimum Gasteiger partial charge on any atom is -0.490 e. The van der Waals surface area contributed by atoms with Crippen molar-refractivity contribution in [2.24, 2.45) is 0 Å². The summed E-state index contributed by atoms with van der Waals surface area (Å²) in [6.45, 7) is 2.27. The summed E-state index contributed by atoms with van der Waals surface area (Å²) in [5, 5.41) is 18.6. The van der Waals surface area contributed by atoms with Gasteiger partial charge in [-0.2, -0.15) is 0 Å². The van der Waals surface area contributed by atoms with Gasteiger partial charge in [-0.15, -0.1) is 0 Å². The molecule has 0 radical (unpaired) electrons. The molecule has 16 heavy (non-hydrogen) atoms. The Hall–Kier alpha value is -1.10. The number of aryl methyl sites for hydroxylation is 1. The highest BCUT2D eigenvalue weighted by Crippen LogP contribution is 2.20. The summed E-state index contributed by atoms with van der Waals surface area (Å²) in [7, 11) is 1.52. The summed E-state index contributed by atoms with van der Waals surface area (Å²) < 4.78 is 10.2. The van der Waals surface area contributed by atoms with Crippen molar-refractivity contribution in [1.29, 1.82) is 0 Å². The van der Waals surface area contributed by atoms with Gasteiger partial charge >= 0.3 is 0 Å². The number of methoxy groups -OCH3 is 1. The third kappa shape index (κ3) is 3.81. The number of rotatable bonds is 6. The van der Waals surface area contributed by atoms with Crippen LogP contribution in [0.25, 0.3) is 0 Å². The zero-order valence-electron chi connectivity index (χ0n) is 9.64. The van der Waals surface area contributed by atoms with E-state index in [0.717, 1.165) is 11.1 Å². The number of aliphatic hydroxyl groups is 2. The van der Waals surface area contributed by atoms with Crippen LogP contribution in [-0.4, -0.2) is 36.6 Å². The summed E-state index contributed by atoms with van der Waals surface area (Å²) in [5.74, 6) is 0.600. The van der Waals surface area contributed by atoms with Crippen LogP contribution in [0.2, 0.25) is 0 Å². The molecule has 1 aromatic carbocycles. The van der Waals surface area contributed by atoms with Gasteiger partial charge in [-0.3, -0.25) is 0 Å². The fourth-order valence-corrected chi connectivity index (χ4v) is 1.40. The molecule has 2 N–H and O–H groups in total. The van der Waals surface area contributed by atoms with Gasteiger partial charge in [0.15, 0.2) is 0 Å². The Labute approximate surface area is 95.4 Å². The van der Waals surface area contributed by atoms with Gasteiger partial charge in [0.25, 0.3) is 0 Å². The fourth-order valence-electron chi connectivity index (χ4n) is 1.40. The summed E-state index contributed by atoms with van der Waals surface area (Å²) >= 11 is 0. The zero-order valence-corrected chi connectivity index (χ0v) is 9.64. The normalized spacial score (nSPS) is 12.5. The first-order valence-corrected chi connectivity index (χ1v) is 5.17. The van der Waals surface area contributed by atoms with Crippen molar-refractivity contribution in [1.82, 2.24) is 0 Å². The minimum atomic E-state index is -0.655. The lowest BCUT2D eigenvalue weighted by molar-refractivity contribution is 0.0320. The highest BCUT2D eigenvalue weighted by atomic mass is 16.5. The fraction of sp³-hybridized carbons (Fsp3) is 0.500. The Bertz CT molecular complexity index is 325. The monoisotopic (exact) mass is 226 g/mol.